The van der Waals surface area contributed by atoms with Gasteiger partial charge in [0, 0.05) is 11.5 Å². The van der Waals surface area contributed by atoms with Crippen molar-refractivity contribution in [2.75, 3.05) is 0 Å². The second-order valence-corrected chi connectivity index (χ2v) is 12.5. The normalized spacial score (nSPS) is 21.6. The Morgan fingerprint density at radius 3 is 2.03 bits per heavy atom. The van der Waals surface area contributed by atoms with E-state index in [1.807, 2.05) is 24.3 Å². The van der Waals surface area contributed by atoms with E-state index in [2.05, 4.69) is 38.2 Å². The zero-order valence-electron chi connectivity index (χ0n) is 23.9. The van der Waals surface area contributed by atoms with Gasteiger partial charge in [0.2, 0.25) is 0 Å². The van der Waals surface area contributed by atoms with E-state index in [-0.39, 0.29) is 23.9 Å². The van der Waals surface area contributed by atoms with E-state index in [0.717, 1.165) is 19.3 Å². The average Bonchev–Trinajstić information content (AvgIpc) is 2.83. The summed E-state index contributed by atoms with van der Waals surface area (Å²) in [5, 5.41) is 2.80. The monoisotopic (exact) mass is 521 g/mol. The molecule has 206 valence electrons. The van der Waals surface area contributed by atoms with Crippen LogP contribution in [0.4, 0.5) is 0 Å². The molecular weight excluding hydrogens is 478 g/mol. The van der Waals surface area contributed by atoms with E-state index in [9.17, 15) is 14.4 Å². The predicted molar refractivity (Wildman–Crippen MR) is 149 cm³/mol. The number of rotatable bonds is 8. The first-order valence-electron chi connectivity index (χ1n) is 13.6. The van der Waals surface area contributed by atoms with Gasteiger partial charge in [-0.2, -0.15) is 0 Å². The third kappa shape index (κ3) is 7.46. The van der Waals surface area contributed by atoms with Crippen LogP contribution in [0.3, 0.4) is 0 Å². The van der Waals surface area contributed by atoms with Crippen molar-refractivity contribution >= 4 is 17.8 Å². The first-order valence-corrected chi connectivity index (χ1v) is 13.6. The van der Waals surface area contributed by atoms with Gasteiger partial charge in [-0.05, 0) is 69.6 Å². The van der Waals surface area contributed by atoms with Crippen LogP contribution in [-0.4, -0.2) is 35.1 Å². The molecule has 3 rings (SSSR count). The van der Waals surface area contributed by atoms with Crippen LogP contribution in [-0.2, 0) is 24.5 Å². The van der Waals surface area contributed by atoms with E-state index in [1.165, 1.54) is 5.56 Å². The van der Waals surface area contributed by atoms with Crippen LogP contribution in [0.15, 0.2) is 60.7 Å². The van der Waals surface area contributed by atoms with E-state index in [0.29, 0.717) is 11.5 Å². The zero-order valence-corrected chi connectivity index (χ0v) is 23.9. The lowest BCUT2D eigenvalue weighted by Gasteiger charge is -2.44. The van der Waals surface area contributed by atoms with Gasteiger partial charge in [-0.1, -0.05) is 75.7 Å². The standard InChI is InChI=1S/C32H43NO5/c1-22-18-19-25(31(5,6)24-16-12-9-13-17-24)26(20-22)37-29(36)32(7,21-27(34)38-30(2,3)4)33-28(35)23-14-10-8-11-15-23/h8-17,22,25-26H,18-21H2,1-7H3,(H,33,35)/t22-,25-,26-,32-/m1/s1. The second-order valence-electron chi connectivity index (χ2n) is 12.5. The third-order valence-corrected chi connectivity index (χ3v) is 7.55. The maximum Gasteiger partial charge on any atom is 0.332 e. The summed E-state index contributed by atoms with van der Waals surface area (Å²) in [5.74, 6) is -1.18. The Kier molecular flexibility index (Phi) is 9.06. The molecule has 1 amide bonds. The van der Waals surface area contributed by atoms with Gasteiger partial charge in [0.1, 0.15) is 17.2 Å². The molecule has 1 aliphatic rings. The molecule has 0 spiro atoms. The quantitative estimate of drug-likeness (QED) is 0.416. The average molecular weight is 522 g/mol. The Hall–Kier alpha value is -3.15. The highest BCUT2D eigenvalue weighted by molar-refractivity contribution is 5.99. The minimum absolute atomic E-state index is 0.0839. The summed E-state index contributed by atoms with van der Waals surface area (Å²) in [5.41, 5.74) is -0.979. The van der Waals surface area contributed by atoms with Crippen LogP contribution < -0.4 is 5.32 Å². The smallest absolute Gasteiger partial charge is 0.332 e. The Morgan fingerprint density at radius 1 is 0.868 bits per heavy atom. The fourth-order valence-corrected chi connectivity index (χ4v) is 5.38. The molecule has 0 radical (unpaired) electrons. The summed E-state index contributed by atoms with van der Waals surface area (Å²) in [6.45, 7) is 13.4. The molecule has 0 heterocycles. The molecule has 4 atom stereocenters. The summed E-state index contributed by atoms with van der Waals surface area (Å²) in [4.78, 5) is 39.9. The van der Waals surface area contributed by atoms with Crippen LogP contribution >= 0.6 is 0 Å². The van der Waals surface area contributed by atoms with Crippen molar-refractivity contribution in [3.05, 3.63) is 71.8 Å². The van der Waals surface area contributed by atoms with Gasteiger partial charge in [-0.15, -0.1) is 0 Å². The van der Waals surface area contributed by atoms with Crippen molar-refractivity contribution in [2.45, 2.75) is 96.8 Å². The topological polar surface area (TPSA) is 81.7 Å². The number of carbonyl (C=O) groups excluding carboxylic acids is 3. The largest absolute Gasteiger partial charge is 0.460 e. The van der Waals surface area contributed by atoms with Crippen molar-refractivity contribution < 1.29 is 23.9 Å². The number of ether oxygens (including phenoxy) is 2. The Labute approximate surface area is 227 Å². The molecule has 6 nitrogen and oxygen atoms in total. The number of nitrogens with one attached hydrogen (secondary N) is 1. The molecule has 0 unspecified atom stereocenters. The van der Waals surface area contributed by atoms with Crippen molar-refractivity contribution in [2.24, 2.45) is 11.8 Å². The Bertz CT molecular complexity index is 1110. The Balaban J connectivity index is 1.89. The number of esters is 2. The van der Waals surface area contributed by atoms with Crippen LogP contribution in [0, 0.1) is 11.8 Å². The summed E-state index contributed by atoms with van der Waals surface area (Å²) in [7, 11) is 0. The summed E-state index contributed by atoms with van der Waals surface area (Å²) >= 11 is 0. The lowest BCUT2D eigenvalue weighted by atomic mass is 9.64. The van der Waals surface area contributed by atoms with Crippen molar-refractivity contribution in [1.82, 2.24) is 5.32 Å². The van der Waals surface area contributed by atoms with E-state index in [1.54, 1.807) is 52.0 Å². The number of benzene rings is 2. The molecule has 1 aliphatic carbocycles. The molecule has 0 aromatic heterocycles. The SMILES string of the molecule is C[C@@H]1CC[C@@H](C(C)(C)c2ccccc2)[C@H](OC(=O)[C@@](C)(CC(=O)OC(C)(C)C)NC(=O)c2ccccc2)C1. The second kappa shape index (κ2) is 11.7. The van der Waals surface area contributed by atoms with Crippen molar-refractivity contribution in [3.8, 4) is 0 Å². The molecule has 0 aliphatic heterocycles. The maximum atomic E-state index is 13.9. The molecule has 1 N–H and O–H groups in total. The van der Waals surface area contributed by atoms with Gasteiger partial charge in [0.25, 0.3) is 5.91 Å². The number of amides is 1. The number of hydrogen-bond acceptors (Lipinski definition) is 5. The van der Waals surface area contributed by atoms with E-state index >= 15 is 0 Å². The highest BCUT2D eigenvalue weighted by Crippen LogP contribution is 2.44. The minimum Gasteiger partial charge on any atom is -0.460 e. The molecule has 38 heavy (non-hydrogen) atoms. The van der Waals surface area contributed by atoms with Crippen molar-refractivity contribution in [1.29, 1.82) is 0 Å². The van der Waals surface area contributed by atoms with Gasteiger partial charge in [-0.25, -0.2) is 4.79 Å². The summed E-state index contributed by atoms with van der Waals surface area (Å²) in [6, 6.07) is 18.9. The lowest BCUT2D eigenvalue weighted by molar-refractivity contribution is -0.170. The number of hydrogen-bond donors (Lipinski definition) is 1. The molecule has 0 saturated heterocycles. The van der Waals surface area contributed by atoms with Crippen molar-refractivity contribution in [3.63, 3.8) is 0 Å². The van der Waals surface area contributed by atoms with Crippen LogP contribution in [0.1, 0.15) is 90.1 Å². The zero-order chi connectivity index (χ0) is 28.1. The molecule has 1 fully saturated rings. The molecule has 0 bridgehead atoms. The van der Waals surface area contributed by atoms with Gasteiger partial charge in [0.15, 0.2) is 0 Å². The van der Waals surface area contributed by atoms with Gasteiger partial charge >= 0.3 is 11.9 Å². The van der Waals surface area contributed by atoms with Crippen LogP contribution in [0.25, 0.3) is 0 Å². The van der Waals surface area contributed by atoms with Gasteiger partial charge in [0.05, 0.1) is 6.42 Å². The fraction of sp³-hybridized carbons (Fsp3) is 0.531. The minimum atomic E-state index is -1.60. The van der Waals surface area contributed by atoms with E-state index < -0.39 is 29.0 Å². The highest BCUT2D eigenvalue weighted by atomic mass is 16.6. The first kappa shape index (κ1) is 29.4. The molecule has 1 saturated carbocycles. The summed E-state index contributed by atoms with van der Waals surface area (Å²) < 4.78 is 11.8. The Morgan fingerprint density at radius 2 is 1.45 bits per heavy atom. The highest BCUT2D eigenvalue weighted by Gasteiger charge is 2.46. The lowest BCUT2D eigenvalue weighted by Crippen LogP contribution is -2.56. The maximum absolute atomic E-state index is 13.9. The van der Waals surface area contributed by atoms with Crippen LogP contribution in [0.5, 0.6) is 0 Å². The molecule has 2 aromatic carbocycles. The fourth-order valence-electron chi connectivity index (χ4n) is 5.38. The first-order chi connectivity index (χ1) is 17.7. The van der Waals surface area contributed by atoms with Crippen LogP contribution in [0.2, 0.25) is 0 Å². The number of carbonyl (C=O) groups is 3. The van der Waals surface area contributed by atoms with Gasteiger partial charge in [-0.3, -0.25) is 9.59 Å². The summed E-state index contributed by atoms with van der Waals surface area (Å²) in [6.07, 6.45) is 2.00. The van der Waals surface area contributed by atoms with E-state index in [4.69, 9.17) is 9.47 Å². The molecule has 2 aromatic rings. The third-order valence-electron chi connectivity index (χ3n) is 7.55. The van der Waals surface area contributed by atoms with Gasteiger partial charge < -0.3 is 14.8 Å². The molecular formula is C32H43NO5. The predicted octanol–water partition coefficient (Wildman–Crippen LogP) is 6.23. The molecule has 6 heteroatoms.